The Hall–Kier alpha value is -1.63. The summed E-state index contributed by atoms with van der Waals surface area (Å²) in [5.74, 6) is 0.696. The quantitative estimate of drug-likeness (QED) is 0.848. The summed E-state index contributed by atoms with van der Waals surface area (Å²) in [7, 11) is 0. The van der Waals surface area contributed by atoms with Crippen molar-refractivity contribution in [3.63, 3.8) is 0 Å². The van der Waals surface area contributed by atoms with Gasteiger partial charge in [0.1, 0.15) is 23.1 Å². The fraction of sp³-hybridized carbons (Fsp3) is 0.375. The zero-order valence-corrected chi connectivity index (χ0v) is 14.3. The predicted molar refractivity (Wildman–Crippen MR) is 89.4 cm³/mol. The Bertz CT molecular complexity index is 698. The normalized spacial score (nSPS) is 14.8. The molecule has 1 fully saturated rings. The highest BCUT2D eigenvalue weighted by molar-refractivity contribution is 7.09. The third-order valence-corrected chi connectivity index (χ3v) is 4.81. The summed E-state index contributed by atoms with van der Waals surface area (Å²) in [4.78, 5) is 18.5. The SMILES string of the molecule is Cc1cc(OCc2nc(C(=O)N3CCOCC3)cs2)ccc1Cl. The van der Waals surface area contributed by atoms with E-state index in [1.807, 2.05) is 19.1 Å². The number of rotatable bonds is 4. The van der Waals surface area contributed by atoms with Crippen molar-refractivity contribution in [3.05, 3.63) is 44.9 Å². The van der Waals surface area contributed by atoms with Gasteiger partial charge in [-0.25, -0.2) is 4.98 Å². The lowest BCUT2D eigenvalue weighted by molar-refractivity contribution is 0.0299. The van der Waals surface area contributed by atoms with E-state index in [-0.39, 0.29) is 5.91 Å². The Morgan fingerprint density at radius 1 is 1.43 bits per heavy atom. The van der Waals surface area contributed by atoms with Gasteiger partial charge in [-0.05, 0) is 30.7 Å². The molecule has 0 radical (unpaired) electrons. The summed E-state index contributed by atoms with van der Waals surface area (Å²) >= 11 is 7.42. The van der Waals surface area contributed by atoms with Crippen molar-refractivity contribution < 1.29 is 14.3 Å². The number of ether oxygens (including phenoxy) is 2. The van der Waals surface area contributed by atoms with Crippen LogP contribution in [0.2, 0.25) is 5.02 Å². The van der Waals surface area contributed by atoms with Gasteiger partial charge in [-0.3, -0.25) is 4.79 Å². The van der Waals surface area contributed by atoms with Crippen molar-refractivity contribution in [2.45, 2.75) is 13.5 Å². The number of amides is 1. The molecule has 0 atom stereocenters. The number of nitrogens with zero attached hydrogens (tertiary/aromatic N) is 2. The maximum atomic E-state index is 12.3. The van der Waals surface area contributed by atoms with Crippen LogP contribution in [0.3, 0.4) is 0 Å². The fourth-order valence-electron chi connectivity index (χ4n) is 2.26. The minimum Gasteiger partial charge on any atom is -0.486 e. The van der Waals surface area contributed by atoms with Crippen molar-refractivity contribution in [1.29, 1.82) is 0 Å². The molecular formula is C16H17ClN2O3S. The van der Waals surface area contributed by atoms with Gasteiger partial charge in [0.15, 0.2) is 0 Å². The van der Waals surface area contributed by atoms with Crippen LogP contribution in [0, 0.1) is 6.92 Å². The number of thiazole rings is 1. The second-order valence-electron chi connectivity index (χ2n) is 5.23. The molecule has 1 amide bonds. The van der Waals surface area contributed by atoms with E-state index in [1.165, 1.54) is 11.3 Å². The molecule has 0 unspecified atom stereocenters. The van der Waals surface area contributed by atoms with Crippen LogP contribution in [0.5, 0.6) is 5.75 Å². The van der Waals surface area contributed by atoms with Gasteiger partial charge in [0.2, 0.25) is 0 Å². The molecule has 1 saturated heterocycles. The van der Waals surface area contributed by atoms with E-state index in [0.717, 1.165) is 16.3 Å². The van der Waals surface area contributed by atoms with E-state index in [0.29, 0.717) is 43.6 Å². The van der Waals surface area contributed by atoms with E-state index in [2.05, 4.69) is 4.98 Å². The maximum absolute atomic E-state index is 12.3. The topological polar surface area (TPSA) is 51.7 Å². The summed E-state index contributed by atoms with van der Waals surface area (Å²) in [6.07, 6.45) is 0. The number of aromatic nitrogens is 1. The van der Waals surface area contributed by atoms with Crippen molar-refractivity contribution in [2.75, 3.05) is 26.3 Å². The van der Waals surface area contributed by atoms with Gasteiger partial charge >= 0.3 is 0 Å². The first-order valence-electron chi connectivity index (χ1n) is 7.34. The highest BCUT2D eigenvalue weighted by Gasteiger charge is 2.20. The first-order valence-corrected chi connectivity index (χ1v) is 8.59. The van der Waals surface area contributed by atoms with Crippen molar-refractivity contribution in [2.24, 2.45) is 0 Å². The standard InChI is InChI=1S/C16H17ClN2O3S/c1-11-8-12(2-3-13(11)17)22-9-15-18-14(10-23-15)16(20)19-4-6-21-7-5-19/h2-3,8,10H,4-7,9H2,1H3. The third kappa shape index (κ3) is 4.02. The molecule has 1 aliphatic heterocycles. The fourth-order valence-corrected chi connectivity index (χ4v) is 3.05. The zero-order chi connectivity index (χ0) is 16.2. The van der Waals surface area contributed by atoms with Gasteiger partial charge in [-0.1, -0.05) is 11.6 Å². The Kier molecular flexibility index (Phi) is 5.15. The molecule has 0 saturated carbocycles. The van der Waals surface area contributed by atoms with E-state index < -0.39 is 0 Å². The molecule has 23 heavy (non-hydrogen) atoms. The monoisotopic (exact) mass is 352 g/mol. The zero-order valence-electron chi connectivity index (χ0n) is 12.8. The first-order chi connectivity index (χ1) is 11.1. The molecule has 1 aromatic heterocycles. The highest BCUT2D eigenvalue weighted by atomic mass is 35.5. The van der Waals surface area contributed by atoms with Crippen LogP contribution in [0.25, 0.3) is 0 Å². The van der Waals surface area contributed by atoms with Gasteiger partial charge in [0.25, 0.3) is 5.91 Å². The molecule has 1 aromatic carbocycles. The molecule has 0 N–H and O–H groups in total. The van der Waals surface area contributed by atoms with E-state index in [9.17, 15) is 4.79 Å². The summed E-state index contributed by atoms with van der Waals surface area (Å²) in [5, 5.41) is 3.27. The number of morpholine rings is 1. The van der Waals surface area contributed by atoms with Gasteiger partial charge in [-0.15, -0.1) is 11.3 Å². The van der Waals surface area contributed by atoms with Crippen molar-refractivity contribution in [3.8, 4) is 5.75 Å². The Morgan fingerprint density at radius 3 is 2.96 bits per heavy atom. The predicted octanol–water partition coefficient (Wildman–Crippen LogP) is 3.16. The molecule has 0 bridgehead atoms. The smallest absolute Gasteiger partial charge is 0.273 e. The minimum atomic E-state index is -0.0434. The van der Waals surface area contributed by atoms with Crippen LogP contribution < -0.4 is 4.74 Å². The van der Waals surface area contributed by atoms with Gasteiger partial charge < -0.3 is 14.4 Å². The van der Waals surface area contributed by atoms with E-state index in [4.69, 9.17) is 21.1 Å². The second-order valence-corrected chi connectivity index (χ2v) is 6.58. The highest BCUT2D eigenvalue weighted by Crippen LogP contribution is 2.22. The maximum Gasteiger partial charge on any atom is 0.273 e. The van der Waals surface area contributed by atoms with Crippen LogP contribution in [0.15, 0.2) is 23.6 Å². The third-order valence-electron chi connectivity index (χ3n) is 3.56. The molecule has 0 aliphatic carbocycles. The molecular weight excluding hydrogens is 336 g/mol. The first kappa shape index (κ1) is 16.2. The molecule has 2 aromatic rings. The molecule has 2 heterocycles. The number of benzene rings is 1. The lowest BCUT2D eigenvalue weighted by Crippen LogP contribution is -2.40. The van der Waals surface area contributed by atoms with Crippen molar-refractivity contribution >= 4 is 28.8 Å². The molecule has 0 spiro atoms. The molecule has 122 valence electrons. The summed E-state index contributed by atoms with van der Waals surface area (Å²) in [5.41, 5.74) is 1.44. The molecule has 5 nitrogen and oxygen atoms in total. The average molecular weight is 353 g/mol. The van der Waals surface area contributed by atoms with Gasteiger partial charge in [-0.2, -0.15) is 0 Å². The summed E-state index contributed by atoms with van der Waals surface area (Å²) in [6, 6.07) is 5.51. The summed E-state index contributed by atoms with van der Waals surface area (Å²) in [6.45, 7) is 4.67. The van der Waals surface area contributed by atoms with Crippen LogP contribution >= 0.6 is 22.9 Å². The lowest BCUT2D eigenvalue weighted by atomic mass is 10.2. The van der Waals surface area contributed by atoms with E-state index >= 15 is 0 Å². The number of carbonyl (C=O) groups excluding carboxylic acids is 1. The van der Waals surface area contributed by atoms with E-state index in [1.54, 1.807) is 16.3 Å². The summed E-state index contributed by atoms with van der Waals surface area (Å²) < 4.78 is 11.0. The minimum absolute atomic E-state index is 0.0434. The number of hydrogen-bond donors (Lipinski definition) is 0. The van der Waals surface area contributed by atoms with Crippen LogP contribution in [0.1, 0.15) is 21.1 Å². The second kappa shape index (κ2) is 7.29. The number of carbonyl (C=O) groups is 1. The van der Waals surface area contributed by atoms with Crippen LogP contribution in [-0.4, -0.2) is 42.1 Å². The van der Waals surface area contributed by atoms with Crippen LogP contribution in [0.4, 0.5) is 0 Å². The number of hydrogen-bond acceptors (Lipinski definition) is 5. The lowest BCUT2D eigenvalue weighted by Gasteiger charge is -2.25. The number of halogens is 1. The van der Waals surface area contributed by atoms with Crippen molar-refractivity contribution in [1.82, 2.24) is 9.88 Å². The largest absolute Gasteiger partial charge is 0.486 e. The van der Waals surface area contributed by atoms with Crippen LogP contribution in [-0.2, 0) is 11.3 Å². The number of aryl methyl sites for hydroxylation is 1. The average Bonchev–Trinajstić information content (AvgIpc) is 3.05. The molecule has 3 rings (SSSR count). The van der Waals surface area contributed by atoms with Gasteiger partial charge in [0, 0.05) is 23.5 Å². The molecule has 1 aliphatic rings. The Balaban J connectivity index is 1.60. The Labute approximate surface area is 143 Å². The van der Waals surface area contributed by atoms with Gasteiger partial charge in [0.05, 0.1) is 13.2 Å². The Morgan fingerprint density at radius 2 is 2.22 bits per heavy atom. The molecule has 7 heteroatoms.